The zero-order valence-corrected chi connectivity index (χ0v) is 12.4. The highest BCUT2D eigenvalue weighted by Crippen LogP contribution is 2.23. The van der Waals surface area contributed by atoms with Crippen LogP contribution in [0.5, 0.6) is 0 Å². The van der Waals surface area contributed by atoms with Gasteiger partial charge in [-0.25, -0.2) is 9.48 Å². The molecule has 1 heterocycles. The number of carboxylic acids is 1. The van der Waals surface area contributed by atoms with E-state index in [1.807, 2.05) is 13.8 Å². The monoisotopic (exact) mass is 272 g/mol. The summed E-state index contributed by atoms with van der Waals surface area (Å²) in [5.74, 6) is -0.983. The number of nitrogens with zero attached hydrogens (tertiary/aromatic N) is 2. The Bertz CT molecular complexity index is 633. The first-order valence-corrected chi connectivity index (χ1v) is 6.84. The van der Waals surface area contributed by atoms with Crippen molar-refractivity contribution in [3.05, 3.63) is 46.3 Å². The second-order valence-corrected chi connectivity index (χ2v) is 5.24. The molecule has 0 bridgehead atoms. The normalized spacial score (nSPS) is 10.8. The Kier molecular flexibility index (Phi) is 3.93. The molecule has 0 aliphatic heterocycles. The van der Waals surface area contributed by atoms with Gasteiger partial charge in [-0.15, -0.1) is 0 Å². The van der Waals surface area contributed by atoms with Gasteiger partial charge in [-0.3, -0.25) is 0 Å². The minimum atomic E-state index is -0.983. The number of rotatable bonds is 4. The van der Waals surface area contributed by atoms with Crippen LogP contribution in [0.3, 0.4) is 0 Å². The lowest BCUT2D eigenvalue weighted by atomic mass is 10.0. The molecular formula is C16H20N2O2. The molecular weight excluding hydrogens is 252 g/mol. The van der Waals surface area contributed by atoms with Crippen molar-refractivity contribution in [3.8, 4) is 5.69 Å². The summed E-state index contributed by atoms with van der Waals surface area (Å²) in [4.78, 5) is 11.2. The summed E-state index contributed by atoms with van der Waals surface area (Å²) in [6.45, 7) is 8.20. The number of carboxylic acid groups (broad SMARTS) is 1. The number of aromatic carboxylic acids is 1. The first-order chi connectivity index (χ1) is 9.43. The topological polar surface area (TPSA) is 55.1 Å². The van der Waals surface area contributed by atoms with Crippen molar-refractivity contribution in [2.24, 2.45) is 0 Å². The second kappa shape index (κ2) is 5.49. The fourth-order valence-corrected chi connectivity index (χ4v) is 2.66. The maximum atomic E-state index is 11.2. The van der Waals surface area contributed by atoms with Gasteiger partial charge in [-0.05, 0) is 44.4 Å². The van der Waals surface area contributed by atoms with Gasteiger partial charge in [-0.2, -0.15) is 5.10 Å². The molecule has 4 nitrogen and oxygen atoms in total. The molecule has 1 N–H and O–H groups in total. The minimum Gasteiger partial charge on any atom is -0.476 e. The fourth-order valence-electron chi connectivity index (χ4n) is 2.66. The molecule has 0 unspecified atom stereocenters. The van der Waals surface area contributed by atoms with Crippen LogP contribution in [0, 0.1) is 20.8 Å². The molecule has 2 rings (SSSR count). The van der Waals surface area contributed by atoms with E-state index in [1.165, 1.54) is 5.56 Å². The Morgan fingerprint density at radius 1 is 1.20 bits per heavy atom. The highest BCUT2D eigenvalue weighted by molar-refractivity contribution is 5.85. The molecule has 2 aromatic rings. The standard InChI is InChI=1S/C16H20N2O2/c1-5-6-13-9-14(16(19)20)17-18(13)15-11(3)7-10(2)8-12(15)4/h7-9H,5-6H2,1-4H3,(H,19,20). The average molecular weight is 272 g/mol. The van der Waals surface area contributed by atoms with E-state index in [0.29, 0.717) is 0 Å². The van der Waals surface area contributed by atoms with E-state index in [-0.39, 0.29) is 5.69 Å². The van der Waals surface area contributed by atoms with Crippen LogP contribution >= 0.6 is 0 Å². The average Bonchev–Trinajstić information content (AvgIpc) is 2.72. The molecule has 0 aliphatic rings. The third-order valence-electron chi connectivity index (χ3n) is 3.36. The number of benzene rings is 1. The van der Waals surface area contributed by atoms with Crippen molar-refractivity contribution in [2.45, 2.75) is 40.5 Å². The van der Waals surface area contributed by atoms with Crippen molar-refractivity contribution >= 4 is 5.97 Å². The molecule has 0 saturated carbocycles. The Morgan fingerprint density at radius 2 is 1.80 bits per heavy atom. The number of hydrogen-bond acceptors (Lipinski definition) is 2. The van der Waals surface area contributed by atoms with Gasteiger partial charge in [0.1, 0.15) is 0 Å². The number of hydrogen-bond donors (Lipinski definition) is 1. The molecule has 20 heavy (non-hydrogen) atoms. The van der Waals surface area contributed by atoms with Gasteiger partial charge >= 0.3 is 5.97 Å². The first-order valence-electron chi connectivity index (χ1n) is 6.84. The van der Waals surface area contributed by atoms with Crippen LogP contribution in [-0.4, -0.2) is 20.9 Å². The molecule has 0 fully saturated rings. The van der Waals surface area contributed by atoms with E-state index in [0.717, 1.165) is 35.3 Å². The maximum Gasteiger partial charge on any atom is 0.356 e. The zero-order valence-electron chi connectivity index (χ0n) is 12.4. The highest BCUT2D eigenvalue weighted by atomic mass is 16.4. The van der Waals surface area contributed by atoms with Gasteiger partial charge in [0.05, 0.1) is 5.69 Å². The summed E-state index contributed by atoms with van der Waals surface area (Å²) in [7, 11) is 0. The van der Waals surface area contributed by atoms with Gasteiger partial charge in [0.2, 0.25) is 0 Å². The summed E-state index contributed by atoms with van der Waals surface area (Å²) in [5, 5.41) is 13.4. The van der Waals surface area contributed by atoms with Crippen molar-refractivity contribution in [3.63, 3.8) is 0 Å². The van der Waals surface area contributed by atoms with Gasteiger partial charge in [-0.1, -0.05) is 31.0 Å². The summed E-state index contributed by atoms with van der Waals surface area (Å²) in [6, 6.07) is 5.87. The summed E-state index contributed by atoms with van der Waals surface area (Å²) in [5.41, 5.74) is 5.46. The number of aryl methyl sites for hydroxylation is 4. The quantitative estimate of drug-likeness (QED) is 0.927. The Balaban J connectivity index is 2.65. The molecule has 4 heteroatoms. The largest absolute Gasteiger partial charge is 0.476 e. The third kappa shape index (κ3) is 2.59. The highest BCUT2D eigenvalue weighted by Gasteiger charge is 2.16. The zero-order chi connectivity index (χ0) is 14.9. The van der Waals surface area contributed by atoms with Crippen molar-refractivity contribution in [1.29, 1.82) is 0 Å². The van der Waals surface area contributed by atoms with Crippen LogP contribution in [-0.2, 0) is 6.42 Å². The Morgan fingerprint density at radius 3 is 2.30 bits per heavy atom. The van der Waals surface area contributed by atoms with Crippen LogP contribution in [0.15, 0.2) is 18.2 Å². The molecule has 0 radical (unpaired) electrons. The first kappa shape index (κ1) is 14.3. The Labute approximate surface area is 119 Å². The summed E-state index contributed by atoms with van der Waals surface area (Å²) >= 11 is 0. The van der Waals surface area contributed by atoms with E-state index in [1.54, 1.807) is 10.7 Å². The van der Waals surface area contributed by atoms with Crippen molar-refractivity contribution in [1.82, 2.24) is 9.78 Å². The maximum absolute atomic E-state index is 11.2. The molecule has 0 saturated heterocycles. The summed E-state index contributed by atoms with van der Waals surface area (Å²) < 4.78 is 1.79. The van der Waals surface area contributed by atoms with E-state index in [9.17, 15) is 4.79 Å². The molecule has 1 aromatic carbocycles. The Hall–Kier alpha value is -2.10. The minimum absolute atomic E-state index is 0.104. The SMILES string of the molecule is CCCc1cc(C(=O)O)nn1-c1c(C)cc(C)cc1C. The molecule has 1 aromatic heterocycles. The molecule has 106 valence electrons. The fraction of sp³-hybridized carbons (Fsp3) is 0.375. The van der Waals surface area contributed by atoms with E-state index in [2.05, 4.69) is 31.1 Å². The second-order valence-electron chi connectivity index (χ2n) is 5.24. The molecule has 0 atom stereocenters. The van der Waals surface area contributed by atoms with E-state index < -0.39 is 5.97 Å². The van der Waals surface area contributed by atoms with Crippen LogP contribution < -0.4 is 0 Å². The lowest BCUT2D eigenvalue weighted by molar-refractivity contribution is 0.0690. The van der Waals surface area contributed by atoms with Gasteiger partial charge in [0.25, 0.3) is 0 Å². The smallest absolute Gasteiger partial charge is 0.356 e. The van der Waals surface area contributed by atoms with Crippen LogP contribution in [0.2, 0.25) is 0 Å². The van der Waals surface area contributed by atoms with Crippen LogP contribution in [0.1, 0.15) is 46.2 Å². The lowest BCUT2D eigenvalue weighted by Crippen LogP contribution is -2.07. The predicted octanol–water partition coefficient (Wildman–Crippen LogP) is 3.45. The predicted molar refractivity (Wildman–Crippen MR) is 78.7 cm³/mol. The summed E-state index contributed by atoms with van der Waals surface area (Å²) in [6.07, 6.45) is 1.77. The van der Waals surface area contributed by atoms with Gasteiger partial charge in [0.15, 0.2) is 5.69 Å². The molecule has 0 aliphatic carbocycles. The number of carbonyl (C=O) groups is 1. The van der Waals surface area contributed by atoms with Crippen LogP contribution in [0.4, 0.5) is 0 Å². The molecule has 0 spiro atoms. The van der Waals surface area contributed by atoms with Crippen molar-refractivity contribution in [2.75, 3.05) is 0 Å². The van der Waals surface area contributed by atoms with Crippen LogP contribution in [0.25, 0.3) is 5.69 Å². The van der Waals surface area contributed by atoms with Crippen molar-refractivity contribution < 1.29 is 9.90 Å². The van der Waals surface area contributed by atoms with E-state index in [4.69, 9.17) is 5.11 Å². The van der Waals surface area contributed by atoms with E-state index >= 15 is 0 Å². The molecule has 0 amide bonds. The van der Waals surface area contributed by atoms with Gasteiger partial charge in [0, 0.05) is 5.69 Å². The number of aromatic nitrogens is 2. The lowest BCUT2D eigenvalue weighted by Gasteiger charge is -2.14. The van der Waals surface area contributed by atoms with Gasteiger partial charge < -0.3 is 5.11 Å². The third-order valence-corrected chi connectivity index (χ3v) is 3.36.